The van der Waals surface area contributed by atoms with Crippen LogP contribution in [-0.2, 0) is 9.47 Å². The number of guanidine groups is 1. The summed E-state index contributed by atoms with van der Waals surface area (Å²) in [5.41, 5.74) is 0.299. The molecule has 0 amide bonds. The second-order valence-electron chi connectivity index (χ2n) is 9.11. The third-order valence-electron chi connectivity index (χ3n) is 6.82. The molecule has 2 heterocycles. The summed E-state index contributed by atoms with van der Waals surface area (Å²) >= 11 is 0. The molecule has 1 atom stereocenters. The van der Waals surface area contributed by atoms with Crippen LogP contribution in [0.25, 0.3) is 0 Å². The van der Waals surface area contributed by atoms with Crippen LogP contribution >= 0.6 is 0 Å². The van der Waals surface area contributed by atoms with E-state index in [0.717, 1.165) is 64.9 Å². The van der Waals surface area contributed by atoms with Crippen molar-refractivity contribution in [2.45, 2.75) is 76.7 Å². The van der Waals surface area contributed by atoms with Gasteiger partial charge in [0, 0.05) is 37.8 Å². The van der Waals surface area contributed by atoms with Gasteiger partial charge < -0.3 is 20.1 Å². The Labute approximate surface area is 178 Å². The Morgan fingerprint density at radius 3 is 2.62 bits per heavy atom. The number of aliphatic imine (C=N–C) groups is 1. The smallest absolute Gasteiger partial charge is 0.191 e. The van der Waals surface area contributed by atoms with E-state index in [-0.39, 0.29) is 0 Å². The molecule has 2 N–H and O–H groups in total. The van der Waals surface area contributed by atoms with E-state index in [4.69, 9.17) is 14.5 Å². The number of rotatable bonds is 10. The molecule has 0 aromatic rings. The largest absolute Gasteiger partial charge is 0.381 e. The summed E-state index contributed by atoms with van der Waals surface area (Å²) in [7, 11) is 0. The number of hydrogen-bond donors (Lipinski definition) is 2. The predicted octanol–water partition coefficient (Wildman–Crippen LogP) is 3.17. The Hall–Kier alpha value is -0.850. The molecule has 1 unspecified atom stereocenters. The van der Waals surface area contributed by atoms with Crippen molar-refractivity contribution in [3.8, 4) is 0 Å². The van der Waals surface area contributed by atoms with Gasteiger partial charge in [0.25, 0.3) is 0 Å². The molecule has 3 rings (SSSR count). The van der Waals surface area contributed by atoms with Crippen molar-refractivity contribution in [3.63, 3.8) is 0 Å². The molecule has 168 valence electrons. The summed E-state index contributed by atoms with van der Waals surface area (Å²) in [4.78, 5) is 7.84. The number of hydrogen-bond acceptors (Lipinski definition) is 4. The van der Waals surface area contributed by atoms with Gasteiger partial charge >= 0.3 is 0 Å². The average molecular weight is 409 g/mol. The van der Waals surface area contributed by atoms with Gasteiger partial charge in [0.05, 0.1) is 19.8 Å². The maximum absolute atomic E-state index is 5.82. The van der Waals surface area contributed by atoms with Gasteiger partial charge in [-0.15, -0.1) is 0 Å². The van der Waals surface area contributed by atoms with E-state index in [9.17, 15) is 0 Å². The van der Waals surface area contributed by atoms with Crippen molar-refractivity contribution in [1.29, 1.82) is 0 Å². The Bertz CT molecular complexity index is 467. The molecule has 1 saturated carbocycles. The highest BCUT2D eigenvalue weighted by Gasteiger charge is 2.38. The molecule has 1 aliphatic carbocycles. The molecule has 3 fully saturated rings. The minimum Gasteiger partial charge on any atom is -0.381 e. The molecule has 6 heteroatoms. The first-order valence-corrected chi connectivity index (χ1v) is 12.3. The zero-order chi connectivity index (χ0) is 20.2. The summed E-state index contributed by atoms with van der Waals surface area (Å²) < 4.78 is 11.2. The minimum atomic E-state index is 0.299. The van der Waals surface area contributed by atoms with Crippen LogP contribution < -0.4 is 10.6 Å². The minimum absolute atomic E-state index is 0.299. The highest BCUT2D eigenvalue weighted by atomic mass is 16.5. The molecular formula is C23H44N4O2. The van der Waals surface area contributed by atoms with Crippen molar-refractivity contribution in [3.05, 3.63) is 0 Å². The van der Waals surface area contributed by atoms with Crippen LogP contribution in [-0.4, -0.2) is 75.5 Å². The van der Waals surface area contributed by atoms with Crippen LogP contribution in [0.3, 0.4) is 0 Å². The molecule has 0 bridgehead atoms. The lowest BCUT2D eigenvalue weighted by Crippen LogP contribution is -2.54. The lowest BCUT2D eigenvalue weighted by atomic mass is 9.79. The zero-order valence-electron chi connectivity index (χ0n) is 18.7. The predicted molar refractivity (Wildman–Crippen MR) is 120 cm³/mol. The zero-order valence-corrected chi connectivity index (χ0v) is 18.7. The van der Waals surface area contributed by atoms with E-state index in [1.807, 2.05) is 0 Å². The van der Waals surface area contributed by atoms with Gasteiger partial charge in [-0.05, 0) is 58.5 Å². The highest BCUT2D eigenvalue weighted by molar-refractivity contribution is 5.79. The molecule has 0 radical (unpaired) electrons. The Kier molecular flexibility index (Phi) is 10.0. The molecule has 0 aromatic carbocycles. The topological polar surface area (TPSA) is 58.1 Å². The van der Waals surface area contributed by atoms with Crippen molar-refractivity contribution < 1.29 is 9.47 Å². The van der Waals surface area contributed by atoms with Crippen molar-refractivity contribution in [2.75, 3.05) is 59.2 Å². The van der Waals surface area contributed by atoms with Gasteiger partial charge in [-0.2, -0.15) is 0 Å². The molecule has 29 heavy (non-hydrogen) atoms. The van der Waals surface area contributed by atoms with Gasteiger partial charge in [0.1, 0.15) is 0 Å². The first-order chi connectivity index (χ1) is 14.3. The Morgan fingerprint density at radius 2 is 1.90 bits per heavy atom. The van der Waals surface area contributed by atoms with Crippen LogP contribution in [0.1, 0.15) is 71.1 Å². The molecule has 2 saturated heterocycles. The number of likely N-dealkylation sites (tertiary alicyclic amines) is 1. The first-order valence-electron chi connectivity index (χ1n) is 12.3. The summed E-state index contributed by atoms with van der Waals surface area (Å²) in [6, 6.07) is 0. The summed E-state index contributed by atoms with van der Waals surface area (Å²) in [5.74, 6) is 1.57. The fourth-order valence-electron chi connectivity index (χ4n) is 5.07. The van der Waals surface area contributed by atoms with Crippen molar-refractivity contribution >= 4 is 5.96 Å². The second kappa shape index (κ2) is 12.8. The van der Waals surface area contributed by atoms with Crippen LogP contribution in [0, 0.1) is 5.92 Å². The Balaban J connectivity index is 1.43. The van der Waals surface area contributed by atoms with Crippen LogP contribution in [0.4, 0.5) is 0 Å². The van der Waals surface area contributed by atoms with E-state index in [0.29, 0.717) is 11.5 Å². The van der Waals surface area contributed by atoms with E-state index in [1.54, 1.807) is 0 Å². The number of nitrogens with zero attached hydrogens (tertiary/aromatic N) is 2. The maximum Gasteiger partial charge on any atom is 0.191 e. The van der Waals surface area contributed by atoms with Crippen LogP contribution in [0.15, 0.2) is 4.99 Å². The Morgan fingerprint density at radius 1 is 1.10 bits per heavy atom. The van der Waals surface area contributed by atoms with Gasteiger partial charge in [0.2, 0.25) is 0 Å². The monoisotopic (exact) mass is 408 g/mol. The summed E-state index contributed by atoms with van der Waals surface area (Å²) in [5, 5.41) is 6.97. The molecule has 0 aromatic heterocycles. The molecule has 3 aliphatic rings. The fourth-order valence-corrected chi connectivity index (χ4v) is 5.07. The van der Waals surface area contributed by atoms with E-state index in [1.165, 1.54) is 64.5 Å². The number of ether oxygens (including phenoxy) is 2. The van der Waals surface area contributed by atoms with E-state index >= 15 is 0 Å². The van der Waals surface area contributed by atoms with Crippen molar-refractivity contribution in [2.24, 2.45) is 10.9 Å². The lowest BCUT2D eigenvalue weighted by molar-refractivity contribution is 0.0407. The van der Waals surface area contributed by atoms with Gasteiger partial charge in [0.15, 0.2) is 5.96 Å². The maximum atomic E-state index is 5.82. The van der Waals surface area contributed by atoms with E-state index in [2.05, 4.69) is 22.5 Å². The molecule has 0 spiro atoms. The molecule has 2 aliphatic heterocycles. The first kappa shape index (κ1) is 22.8. The van der Waals surface area contributed by atoms with Crippen LogP contribution in [0.2, 0.25) is 0 Å². The van der Waals surface area contributed by atoms with Gasteiger partial charge in [-0.25, -0.2) is 0 Å². The lowest BCUT2D eigenvalue weighted by Gasteiger charge is -2.47. The molecule has 6 nitrogen and oxygen atoms in total. The SMILES string of the molecule is CCNC(=NCC1(N2CCCCC2)CCCCC1)NCCCOCC1CCOC1. The number of piperidine rings is 1. The summed E-state index contributed by atoms with van der Waals surface area (Å²) in [6.07, 6.45) is 13.0. The summed E-state index contributed by atoms with van der Waals surface area (Å²) in [6.45, 7) is 10.8. The van der Waals surface area contributed by atoms with Gasteiger partial charge in [-0.3, -0.25) is 9.89 Å². The van der Waals surface area contributed by atoms with Crippen molar-refractivity contribution in [1.82, 2.24) is 15.5 Å². The highest BCUT2D eigenvalue weighted by Crippen LogP contribution is 2.35. The third-order valence-corrected chi connectivity index (χ3v) is 6.82. The quantitative estimate of drug-likeness (QED) is 0.330. The van der Waals surface area contributed by atoms with E-state index < -0.39 is 0 Å². The standard InChI is InChI=1S/C23H44N4O2/c1-2-24-22(25-13-9-16-28-18-21-10-17-29-19-21)26-20-23(11-5-3-6-12-23)27-14-7-4-8-15-27/h21H,2-20H2,1H3,(H2,24,25,26). The normalized spacial score (nSPS) is 25.8. The van der Waals surface area contributed by atoms with Crippen LogP contribution in [0.5, 0.6) is 0 Å². The van der Waals surface area contributed by atoms with Gasteiger partial charge in [-0.1, -0.05) is 25.7 Å². The second-order valence-corrected chi connectivity index (χ2v) is 9.11. The average Bonchev–Trinajstić information content (AvgIpc) is 3.29. The third kappa shape index (κ3) is 7.41. The fraction of sp³-hybridized carbons (Fsp3) is 0.957. The molecular weight excluding hydrogens is 364 g/mol. The number of nitrogens with one attached hydrogen (secondary N) is 2.